The summed E-state index contributed by atoms with van der Waals surface area (Å²) in [5, 5.41) is 16.3. The van der Waals surface area contributed by atoms with Crippen molar-refractivity contribution in [1.82, 2.24) is 5.32 Å². The van der Waals surface area contributed by atoms with E-state index in [1.807, 2.05) is 22.6 Å². The zero-order valence-corrected chi connectivity index (χ0v) is 15.3. The van der Waals surface area contributed by atoms with Crippen molar-refractivity contribution in [2.75, 3.05) is 18.4 Å². The van der Waals surface area contributed by atoms with E-state index in [0.717, 1.165) is 15.7 Å². The maximum absolute atomic E-state index is 12.7. The summed E-state index contributed by atoms with van der Waals surface area (Å²) in [6.07, 6.45) is -4.66. The molecule has 0 aromatic heterocycles. The zero-order chi connectivity index (χ0) is 19.3. The van der Waals surface area contributed by atoms with Gasteiger partial charge in [-0.3, -0.25) is 14.9 Å². The lowest BCUT2D eigenvalue weighted by atomic mass is 10.1. The standard InChI is InChI=1S/C16H13F3IN3O3/c17-16(18,19)10-5-6-13(14(9-10)23(25)26)21-7-8-22-15(24)11-3-1-2-4-12(11)20/h1-6,9,21H,7-8H2,(H,22,24). The molecular weight excluding hydrogens is 466 g/mol. The molecule has 1 amide bonds. The van der Waals surface area contributed by atoms with Gasteiger partial charge < -0.3 is 10.6 Å². The second kappa shape index (κ2) is 8.34. The van der Waals surface area contributed by atoms with Crippen molar-refractivity contribution < 1.29 is 22.9 Å². The van der Waals surface area contributed by atoms with Crippen LogP contribution in [-0.2, 0) is 6.18 Å². The van der Waals surface area contributed by atoms with Crippen LogP contribution in [-0.4, -0.2) is 23.9 Å². The average Bonchev–Trinajstić information content (AvgIpc) is 2.58. The number of carbonyl (C=O) groups is 1. The third-order valence-corrected chi connectivity index (χ3v) is 4.31. The molecule has 0 atom stereocenters. The minimum absolute atomic E-state index is 0.0495. The number of carbonyl (C=O) groups excluding carboxylic acids is 1. The number of hydrogen-bond donors (Lipinski definition) is 2. The van der Waals surface area contributed by atoms with Crippen LogP contribution in [0.5, 0.6) is 0 Å². The lowest BCUT2D eigenvalue weighted by Crippen LogP contribution is -2.29. The largest absolute Gasteiger partial charge is 0.416 e. The van der Waals surface area contributed by atoms with Crippen LogP contribution in [0, 0.1) is 13.7 Å². The fourth-order valence-electron chi connectivity index (χ4n) is 2.12. The molecule has 0 saturated carbocycles. The number of amides is 1. The van der Waals surface area contributed by atoms with Gasteiger partial charge in [0, 0.05) is 22.7 Å². The molecule has 6 nitrogen and oxygen atoms in total. The normalized spacial score (nSPS) is 11.1. The molecule has 0 saturated heterocycles. The molecule has 138 valence electrons. The number of nitro benzene ring substituents is 1. The Morgan fingerprint density at radius 3 is 2.46 bits per heavy atom. The monoisotopic (exact) mass is 479 g/mol. The van der Waals surface area contributed by atoms with Gasteiger partial charge in [-0.15, -0.1) is 0 Å². The van der Waals surface area contributed by atoms with Gasteiger partial charge in [-0.1, -0.05) is 12.1 Å². The van der Waals surface area contributed by atoms with E-state index in [2.05, 4.69) is 10.6 Å². The van der Waals surface area contributed by atoms with E-state index < -0.39 is 22.4 Å². The van der Waals surface area contributed by atoms with Gasteiger partial charge in [-0.25, -0.2) is 0 Å². The Morgan fingerprint density at radius 2 is 1.85 bits per heavy atom. The first-order valence-electron chi connectivity index (χ1n) is 7.32. The van der Waals surface area contributed by atoms with E-state index in [0.29, 0.717) is 11.6 Å². The smallest absolute Gasteiger partial charge is 0.378 e. The molecule has 0 heterocycles. The summed E-state index contributed by atoms with van der Waals surface area (Å²) in [7, 11) is 0. The number of anilines is 1. The molecule has 0 bridgehead atoms. The van der Waals surface area contributed by atoms with Gasteiger partial charge >= 0.3 is 6.18 Å². The maximum Gasteiger partial charge on any atom is 0.416 e. The molecule has 26 heavy (non-hydrogen) atoms. The molecule has 2 aromatic carbocycles. The highest BCUT2D eigenvalue weighted by molar-refractivity contribution is 14.1. The predicted octanol–water partition coefficient (Wildman–Crippen LogP) is 4.06. The van der Waals surface area contributed by atoms with Crippen LogP contribution < -0.4 is 10.6 Å². The number of hydrogen-bond acceptors (Lipinski definition) is 4. The predicted molar refractivity (Wildman–Crippen MR) is 98.1 cm³/mol. The zero-order valence-electron chi connectivity index (χ0n) is 13.1. The van der Waals surface area contributed by atoms with Crippen LogP contribution >= 0.6 is 22.6 Å². The maximum atomic E-state index is 12.7. The first-order chi connectivity index (χ1) is 12.2. The number of rotatable bonds is 6. The molecule has 0 spiro atoms. The molecule has 0 fully saturated rings. The van der Waals surface area contributed by atoms with Gasteiger partial charge in [0.2, 0.25) is 0 Å². The minimum Gasteiger partial charge on any atom is -0.378 e. The Kier molecular flexibility index (Phi) is 6.40. The topological polar surface area (TPSA) is 84.3 Å². The van der Waals surface area contributed by atoms with E-state index in [1.54, 1.807) is 24.3 Å². The highest BCUT2D eigenvalue weighted by atomic mass is 127. The van der Waals surface area contributed by atoms with E-state index in [1.165, 1.54) is 0 Å². The number of halogens is 4. The molecule has 0 aliphatic carbocycles. The number of benzene rings is 2. The van der Waals surface area contributed by atoms with Crippen molar-refractivity contribution in [1.29, 1.82) is 0 Å². The Labute approximate surface area is 160 Å². The summed E-state index contributed by atoms with van der Waals surface area (Å²) in [4.78, 5) is 22.1. The molecule has 0 radical (unpaired) electrons. The van der Waals surface area contributed by atoms with E-state index in [-0.39, 0.29) is 24.7 Å². The third-order valence-electron chi connectivity index (χ3n) is 3.37. The molecule has 0 aliphatic rings. The Balaban J connectivity index is 1.98. The van der Waals surface area contributed by atoms with Crippen LogP contribution in [0.15, 0.2) is 42.5 Å². The van der Waals surface area contributed by atoms with E-state index in [4.69, 9.17) is 0 Å². The van der Waals surface area contributed by atoms with Crippen LogP contribution in [0.25, 0.3) is 0 Å². The van der Waals surface area contributed by atoms with Crippen molar-refractivity contribution >= 4 is 39.9 Å². The molecule has 2 N–H and O–H groups in total. The van der Waals surface area contributed by atoms with Gasteiger partial charge in [0.15, 0.2) is 0 Å². The highest BCUT2D eigenvalue weighted by Crippen LogP contribution is 2.34. The lowest BCUT2D eigenvalue weighted by molar-refractivity contribution is -0.384. The molecule has 10 heteroatoms. The molecule has 2 rings (SSSR count). The molecule has 2 aromatic rings. The van der Waals surface area contributed by atoms with Gasteiger partial charge in [-0.2, -0.15) is 13.2 Å². The Bertz CT molecular complexity index is 828. The highest BCUT2D eigenvalue weighted by Gasteiger charge is 2.32. The number of alkyl halides is 3. The van der Waals surface area contributed by atoms with Crippen LogP contribution in [0.4, 0.5) is 24.5 Å². The fourth-order valence-corrected chi connectivity index (χ4v) is 2.75. The first-order valence-corrected chi connectivity index (χ1v) is 8.40. The van der Waals surface area contributed by atoms with Crippen molar-refractivity contribution in [3.63, 3.8) is 0 Å². The van der Waals surface area contributed by atoms with Crippen molar-refractivity contribution in [2.24, 2.45) is 0 Å². The summed E-state index contributed by atoms with van der Waals surface area (Å²) < 4.78 is 38.8. The quantitative estimate of drug-likeness (QED) is 0.284. The minimum atomic E-state index is -4.66. The Morgan fingerprint density at radius 1 is 1.15 bits per heavy atom. The second-order valence-electron chi connectivity index (χ2n) is 5.15. The summed E-state index contributed by atoms with van der Waals surface area (Å²) in [6.45, 7) is 0.253. The molecule has 0 aliphatic heterocycles. The van der Waals surface area contributed by atoms with Crippen LogP contribution in [0.3, 0.4) is 0 Å². The first kappa shape index (κ1) is 19.9. The van der Waals surface area contributed by atoms with Crippen molar-refractivity contribution in [3.8, 4) is 0 Å². The average molecular weight is 479 g/mol. The molecular formula is C16H13F3IN3O3. The van der Waals surface area contributed by atoms with Gasteiger partial charge in [-0.05, 0) is 46.9 Å². The Hall–Kier alpha value is -2.37. The van der Waals surface area contributed by atoms with Crippen LogP contribution in [0.1, 0.15) is 15.9 Å². The fraction of sp³-hybridized carbons (Fsp3) is 0.188. The lowest BCUT2D eigenvalue weighted by Gasteiger charge is -2.11. The van der Waals surface area contributed by atoms with E-state index >= 15 is 0 Å². The second-order valence-corrected chi connectivity index (χ2v) is 6.31. The summed E-state index contributed by atoms with van der Waals surface area (Å²) in [6, 6.07) is 9.20. The van der Waals surface area contributed by atoms with Crippen molar-refractivity contribution in [2.45, 2.75) is 6.18 Å². The van der Waals surface area contributed by atoms with Gasteiger partial charge in [0.1, 0.15) is 5.69 Å². The van der Waals surface area contributed by atoms with Crippen LogP contribution in [0.2, 0.25) is 0 Å². The molecule has 0 unspecified atom stereocenters. The summed E-state index contributed by atoms with van der Waals surface area (Å²) >= 11 is 2.02. The van der Waals surface area contributed by atoms with Crippen molar-refractivity contribution in [3.05, 3.63) is 67.3 Å². The third kappa shape index (κ3) is 5.07. The van der Waals surface area contributed by atoms with Gasteiger partial charge in [0.05, 0.1) is 16.1 Å². The number of nitro groups is 1. The van der Waals surface area contributed by atoms with E-state index in [9.17, 15) is 28.1 Å². The summed E-state index contributed by atoms with van der Waals surface area (Å²) in [5.41, 5.74) is -1.33. The SMILES string of the molecule is O=C(NCCNc1ccc(C(F)(F)F)cc1[N+](=O)[O-])c1ccccc1I. The number of nitrogens with one attached hydrogen (secondary N) is 2. The van der Waals surface area contributed by atoms with Gasteiger partial charge in [0.25, 0.3) is 11.6 Å². The number of nitrogens with zero attached hydrogens (tertiary/aromatic N) is 1. The summed E-state index contributed by atoms with van der Waals surface area (Å²) in [5.74, 6) is -0.307.